The first-order valence-electron chi connectivity index (χ1n) is 7.81. The van der Waals surface area contributed by atoms with Crippen molar-refractivity contribution in [2.75, 3.05) is 13.1 Å². The molecule has 3 heteroatoms. The van der Waals surface area contributed by atoms with E-state index < -0.39 is 0 Å². The van der Waals surface area contributed by atoms with Crippen LogP contribution in [0.15, 0.2) is 24.3 Å². The van der Waals surface area contributed by atoms with Gasteiger partial charge in [-0.25, -0.2) is 0 Å². The topological polar surface area (TPSA) is 55.1 Å². The molecule has 1 aromatic rings. The molecule has 1 amide bonds. The summed E-state index contributed by atoms with van der Waals surface area (Å²) >= 11 is 0. The summed E-state index contributed by atoms with van der Waals surface area (Å²) in [6, 6.07) is 7.88. The second-order valence-electron chi connectivity index (χ2n) is 5.80. The van der Waals surface area contributed by atoms with Gasteiger partial charge in [0, 0.05) is 12.1 Å². The highest BCUT2D eigenvalue weighted by atomic mass is 16.1. The monoisotopic (exact) mass is 274 g/mol. The minimum Gasteiger partial charge on any atom is -0.352 e. The van der Waals surface area contributed by atoms with E-state index in [1.54, 1.807) is 0 Å². The van der Waals surface area contributed by atoms with Gasteiger partial charge in [-0.1, -0.05) is 31.9 Å². The van der Waals surface area contributed by atoms with E-state index >= 15 is 0 Å². The van der Waals surface area contributed by atoms with Gasteiger partial charge in [-0.2, -0.15) is 0 Å². The van der Waals surface area contributed by atoms with Gasteiger partial charge in [0.15, 0.2) is 0 Å². The maximum atomic E-state index is 12.1. The SMILES string of the molecule is CCc1ccc(C(=O)NCC2CCCCC2CN)cc1. The number of aryl methyl sites for hydroxylation is 1. The van der Waals surface area contributed by atoms with Gasteiger partial charge >= 0.3 is 0 Å². The molecule has 1 fully saturated rings. The third-order valence-electron chi connectivity index (χ3n) is 4.52. The Morgan fingerprint density at radius 3 is 2.45 bits per heavy atom. The number of nitrogens with two attached hydrogens (primary N) is 1. The number of rotatable bonds is 5. The summed E-state index contributed by atoms with van der Waals surface area (Å²) in [7, 11) is 0. The van der Waals surface area contributed by atoms with Crippen molar-refractivity contribution in [2.24, 2.45) is 17.6 Å². The third-order valence-corrected chi connectivity index (χ3v) is 4.52. The third kappa shape index (κ3) is 3.83. The quantitative estimate of drug-likeness (QED) is 0.867. The number of carbonyl (C=O) groups excluding carboxylic acids is 1. The van der Waals surface area contributed by atoms with E-state index in [0.717, 1.165) is 25.1 Å². The maximum Gasteiger partial charge on any atom is 0.251 e. The van der Waals surface area contributed by atoms with Crippen LogP contribution in [0.25, 0.3) is 0 Å². The minimum atomic E-state index is 0.0361. The minimum absolute atomic E-state index is 0.0361. The van der Waals surface area contributed by atoms with Crippen molar-refractivity contribution in [1.82, 2.24) is 5.32 Å². The van der Waals surface area contributed by atoms with Crippen LogP contribution in [-0.4, -0.2) is 19.0 Å². The van der Waals surface area contributed by atoms with Crippen LogP contribution < -0.4 is 11.1 Å². The Bertz CT molecular complexity index is 427. The Balaban J connectivity index is 1.87. The number of nitrogens with one attached hydrogen (secondary N) is 1. The van der Waals surface area contributed by atoms with Crippen LogP contribution in [0, 0.1) is 11.8 Å². The molecule has 0 aromatic heterocycles. The number of benzene rings is 1. The standard InChI is InChI=1S/C17H26N2O/c1-2-13-7-9-14(10-8-13)17(20)19-12-16-6-4-3-5-15(16)11-18/h7-10,15-16H,2-6,11-12,18H2,1H3,(H,19,20). The molecule has 0 bridgehead atoms. The molecule has 3 nitrogen and oxygen atoms in total. The van der Waals surface area contributed by atoms with Gasteiger partial charge in [0.05, 0.1) is 0 Å². The Kier molecular flexibility index (Phi) is 5.60. The predicted molar refractivity (Wildman–Crippen MR) is 82.7 cm³/mol. The van der Waals surface area contributed by atoms with Crippen LogP contribution in [0.4, 0.5) is 0 Å². The first-order valence-corrected chi connectivity index (χ1v) is 7.81. The average molecular weight is 274 g/mol. The summed E-state index contributed by atoms with van der Waals surface area (Å²) in [4.78, 5) is 12.1. The summed E-state index contributed by atoms with van der Waals surface area (Å²) < 4.78 is 0. The Hall–Kier alpha value is -1.35. The zero-order valence-electron chi connectivity index (χ0n) is 12.4. The lowest BCUT2D eigenvalue weighted by Gasteiger charge is -2.30. The smallest absolute Gasteiger partial charge is 0.251 e. The normalized spacial score (nSPS) is 22.5. The van der Waals surface area contributed by atoms with Gasteiger partial charge in [-0.05, 0) is 55.3 Å². The van der Waals surface area contributed by atoms with Crippen molar-refractivity contribution in [3.05, 3.63) is 35.4 Å². The molecule has 0 heterocycles. The average Bonchev–Trinajstić information content (AvgIpc) is 2.53. The van der Waals surface area contributed by atoms with Gasteiger partial charge < -0.3 is 11.1 Å². The second-order valence-corrected chi connectivity index (χ2v) is 5.80. The second kappa shape index (κ2) is 7.44. The van der Waals surface area contributed by atoms with Crippen molar-refractivity contribution in [3.63, 3.8) is 0 Å². The molecule has 2 rings (SSSR count). The zero-order chi connectivity index (χ0) is 14.4. The van der Waals surface area contributed by atoms with E-state index in [2.05, 4.69) is 12.2 Å². The van der Waals surface area contributed by atoms with E-state index in [1.165, 1.54) is 31.2 Å². The number of hydrogen-bond acceptors (Lipinski definition) is 2. The lowest BCUT2D eigenvalue weighted by Crippen LogP contribution is -2.36. The summed E-state index contributed by atoms with van der Waals surface area (Å²) in [5.41, 5.74) is 7.84. The molecule has 0 aliphatic heterocycles. The molecule has 1 aliphatic rings. The van der Waals surface area contributed by atoms with Crippen LogP contribution in [0.2, 0.25) is 0 Å². The van der Waals surface area contributed by atoms with Crippen molar-refractivity contribution < 1.29 is 4.79 Å². The van der Waals surface area contributed by atoms with Crippen molar-refractivity contribution >= 4 is 5.91 Å². The summed E-state index contributed by atoms with van der Waals surface area (Å²) in [5, 5.41) is 3.08. The van der Waals surface area contributed by atoms with E-state index in [9.17, 15) is 4.79 Å². The molecule has 0 spiro atoms. The molecule has 2 unspecified atom stereocenters. The molecular weight excluding hydrogens is 248 g/mol. The molecule has 1 aliphatic carbocycles. The summed E-state index contributed by atoms with van der Waals surface area (Å²) in [6.45, 7) is 3.62. The highest BCUT2D eigenvalue weighted by Crippen LogP contribution is 2.28. The van der Waals surface area contributed by atoms with Gasteiger partial charge in [0.25, 0.3) is 5.91 Å². The van der Waals surface area contributed by atoms with Crippen LogP contribution in [0.1, 0.15) is 48.5 Å². The fourth-order valence-electron chi connectivity index (χ4n) is 3.08. The van der Waals surface area contributed by atoms with Crippen molar-refractivity contribution in [1.29, 1.82) is 0 Å². The van der Waals surface area contributed by atoms with Gasteiger partial charge in [0.1, 0.15) is 0 Å². The van der Waals surface area contributed by atoms with E-state index in [-0.39, 0.29) is 5.91 Å². The molecular formula is C17H26N2O. The molecule has 20 heavy (non-hydrogen) atoms. The Labute approximate surface area is 121 Å². The lowest BCUT2D eigenvalue weighted by atomic mass is 9.79. The van der Waals surface area contributed by atoms with Crippen molar-refractivity contribution in [2.45, 2.75) is 39.0 Å². The Morgan fingerprint density at radius 2 is 1.85 bits per heavy atom. The van der Waals surface area contributed by atoms with E-state index in [1.807, 2.05) is 24.3 Å². The number of amides is 1. The number of carbonyl (C=O) groups is 1. The van der Waals surface area contributed by atoms with Gasteiger partial charge in [-0.3, -0.25) is 4.79 Å². The van der Waals surface area contributed by atoms with Crippen LogP contribution in [0.3, 0.4) is 0 Å². The zero-order valence-corrected chi connectivity index (χ0v) is 12.4. The Morgan fingerprint density at radius 1 is 1.20 bits per heavy atom. The fourth-order valence-corrected chi connectivity index (χ4v) is 3.08. The molecule has 110 valence electrons. The first-order chi connectivity index (χ1) is 9.74. The van der Waals surface area contributed by atoms with E-state index in [4.69, 9.17) is 5.73 Å². The molecule has 2 atom stereocenters. The van der Waals surface area contributed by atoms with E-state index in [0.29, 0.717) is 11.8 Å². The van der Waals surface area contributed by atoms with Crippen molar-refractivity contribution in [3.8, 4) is 0 Å². The predicted octanol–water partition coefficient (Wildman–Crippen LogP) is 2.74. The highest BCUT2D eigenvalue weighted by molar-refractivity contribution is 5.94. The summed E-state index contributed by atoms with van der Waals surface area (Å²) in [5.74, 6) is 1.16. The molecule has 0 radical (unpaired) electrons. The number of hydrogen-bond donors (Lipinski definition) is 2. The molecule has 3 N–H and O–H groups in total. The van der Waals surface area contributed by atoms with Crippen LogP contribution in [0.5, 0.6) is 0 Å². The first kappa shape index (κ1) is 15.0. The lowest BCUT2D eigenvalue weighted by molar-refractivity contribution is 0.0935. The molecule has 1 saturated carbocycles. The summed E-state index contributed by atoms with van der Waals surface area (Å²) in [6.07, 6.45) is 5.95. The van der Waals surface area contributed by atoms with Gasteiger partial charge in [0.2, 0.25) is 0 Å². The molecule has 0 saturated heterocycles. The molecule has 1 aromatic carbocycles. The highest BCUT2D eigenvalue weighted by Gasteiger charge is 2.24. The maximum absolute atomic E-state index is 12.1. The fraction of sp³-hybridized carbons (Fsp3) is 0.588. The van der Waals surface area contributed by atoms with Crippen LogP contribution >= 0.6 is 0 Å². The van der Waals surface area contributed by atoms with Crippen LogP contribution in [-0.2, 0) is 6.42 Å². The largest absolute Gasteiger partial charge is 0.352 e. The van der Waals surface area contributed by atoms with Gasteiger partial charge in [-0.15, -0.1) is 0 Å².